The van der Waals surface area contributed by atoms with Crippen LogP contribution in [0.4, 0.5) is 11.4 Å². The lowest BCUT2D eigenvalue weighted by Gasteiger charge is -2.19. The highest BCUT2D eigenvalue weighted by Gasteiger charge is 2.41. The second-order valence-corrected chi connectivity index (χ2v) is 9.78. The first kappa shape index (κ1) is 24.2. The Hall–Kier alpha value is -2.95. The second kappa shape index (κ2) is 10.5. The molecule has 1 N–H and O–H groups in total. The summed E-state index contributed by atoms with van der Waals surface area (Å²) in [6.07, 6.45) is 0.342. The number of carbonyl (C=O) groups excluding carboxylic acids is 2. The first-order valence-electron chi connectivity index (χ1n) is 10.1. The number of nitriles is 1. The van der Waals surface area contributed by atoms with Crippen LogP contribution in [-0.4, -0.2) is 17.1 Å². The van der Waals surface area contributed by atoms with Crippen molar-refractivity contribution in [1.82, 2.24) is 0 Å². The summed E-state index contributed by atoms with van der Waals surface area (Å²) in [4.78, 5) is 27.9. The van der Waals surface area contributed by atoms with Gasteiger partial charge in [0.05, 0.1) is 5.25 Å². The normalized spacial score (nSPS) is 16.8. The molecule has 1 saturated heterocycles. The van der Waals surface area contributed by atoms with E-state index < -0.39 is 11.2 Å². The molecule has 0 spiro atoms. The van der Waals surface area contributed by atoms with E-state index in [9.17, 15) is 14.9 Å². The number of halogens is 3. The zero-order valence-corrected chi connectivity index (χ0v) is 20.6. The summed E-state index contributed by atoms with van der Waals surface area (Å²) in [5.41, 5.74) is 1.61. The van der Waals surface area contributed by atoms with Gasteiger partial charge < -0.3 is 5.32 Å². The molecule has 3 aromatic rings. The first-order valence-corrected chi connectivity index (χ1v) is 12.1. The zero-order valence-electron chi connectivity index (χ0n) is 17.5. The van der Waals surface area contributed by atoms with Crippen LogP contribution in [0.3, 0.4) is 0 Å². The first-order chi connectivity index (χ1) is 16.4. The summed E-state index contributed by atoms with van der Waals surface area (Å²) < 4.78 is 0. The molecule has 3 aromatic carbocycles. The molecule has 34 heavy (non-hydrogen) atoms. The van der Waals surface area contributed by atoms with Gasteiger partial charge in [0.25, 0.3) is 5.91 Å². The molecule has 170 valence electrons. The van der Waals surface area contributed by atoms with Gasteiger partial charge in [-0.05, 0) is 66.6 Å². The van der Waals surface area contributed by atoms with Crippen molar-refractivity contribution in [3.63, 3.8) is 0 Å². The highest BCUT2D eigenvalue weighted by Crippen LogP contribution is 2.42. The van der Waals surface area contributed by atoms with Crippen molar-refractivity contribution < 1.29 is 9.59 Å². The number of thioether (sulfide) groups is 1. The predicted octanol–water partition coefficient (Wildman–Crippen LogP) is 6.71. The van der Waals surface area contributed by atoms with Gasteiger partial charge in [-0.1, -0.05) is 64.8 Å². The smallest absolute Gasteiger partial charge is 0.269 e. The van der Waals surface area contributed by atoms with Gasteiger partial charge in [0.2, 0.25) is 5.91 Å². The summed E-state index contributed by atoms with van der Waals surface area (Å²) in [5, 5.41) is 13.9. The standard InChI is InChI=1S/C25H16Cl3N3O2S/c26-16-5-9-18(10-6-16)30-23(32)20(14-29)25-31(19-11-7-17(27)8-12-19)24(33)22(34-25)13-15-3-1-2-4-21(15)28/h1-12,22H,13H2,(H,30,32)/b25-20-/t22-/m0/s1. The summed E-state index contributed by atoms with van der Waals surface area (Å²) in [6, 6.07) is 22.4. The summed E-state index contributed by atoms with van der Waals surface area (Å²) in [5.74, 6) is -0.883. The van der Waals surface area contributed by atoms with E-state index in [-0.39, 0.29) is 16.5 Å². The van der Waals surface area contributed by atoms with E-state index in [2.05, 4.69) is 5.32 Å². The quantitative estimate of drug-likeness (QED) is 0.295. The topological polar surface area (TPSA) is 73.2 Å². The highest BCUT2D eigenvalue weighted by atomic mass is 35.5. The van der Waals surface area contributed by atoms with Gasteiger partial charge in [-0.25, -0.2) is 0 Å². The Kier molecular flexibility index (Phi) is 7.50. The maximum absolute atomic E-state index is 13.5. The van der Waals surface area contributed by atoms with E-state index in [1.807, 2.05) is 24.3 Å². The molecule has 9 heteroatoms. The summed E-state index contributed by atoms with van der Waals surface area (Å²) in [6.45, 7) is 0. The number of hydrogen-bond donors (Lipinski definition) is 1. The Balaban J connectivity index is 1.73. The Morgan fingerprint density at radius 3 is 2.21 bits per heavy atom. The van der Waals surface area contributed by atoms with Gasteiger partial charge >= 0.3 is 0 Å². The van der Waals surface area contributed by atoms with E-state index in [1.54, 1.807) is 54.6 Å². The van der Waals surface area contributed by atoms with Crippen molar-refractivity contribution in [2.45, 2.75) is 11.7 Å². The molecule has 4 rings (SSSR count). The number of nitrogens with zero attached hydrogens (tertiary/aromatic N) is 2. The Bertz CT molecular complexity index is 1320. The van der Waals surface area contributed by atoms with Gasteiger partial charge in [0.15, 0.2) is 0 Å². The molecule has 2 amide bonds. The van der Waals surface area contributed by atoms with Crippen molar-refractivity contribution in [3.8, 4) is 6.07 Å². The van der Waals surface area contributed by atoms with E-state index in [4.69, 9.17) is 34.8 Å². The van der Waals surface area contributed by atoms with E-state index in [1.165, 1.54) is 4.90 Å². The van der Waals surface area contributed by atoms with Crippen LogP contribution in [0, 0.1) is 11.3 Å². The number of carbonyl (C=O) groups is 2. The lowest BCUT2D eigenvalue weighted by atomic mass is 10.1. The summed E-state index contributed by atoms with van der Waals surface area (Å²) in [7, 11) is 0. The van der Waals surface area contributed by atoms with Crippen LogP contribution in [0.1, 0.15) is 5.56 Å². The predicted molar refractivity (Wildman–Crippen MR) is 138 cm³/mol. The van der Waals surface area contributed by atoms with Crippen molar-refractivity contribution in [1.29, 1.82) is 5.26 Å². The van der Waals surface area contributed by atoms with Crippen LogP contribution in [0.15, 0.2) is 83.4 Å². The van der Waals surface area contributed by atoms with Crippen LogP contribution in [0.2, 0.25) is 15.1 Å². The Morgan fingerprint density at radius 2 is 1.59 bits per heavy atom. The number of hydrogen-bond acceptors (Lipinski definition) is 4. The van der Waals surface area contributed by atoms with Crippen LogP contribution >= 0.6 is 46.6 Å². The minimum Gasteiger partial charge on any atom is -0.321 e. The molecule has 0 radical (unpaired) electrons. The van der Waals surface area contributed by atoms with Crippen LogP contribution in [0.25, 0.3) is 0 Å². The van der Waals surface area contributed by atoms with Crippen molar-refractivity contribution >= 4 is 69.8 Å². The molecular weight excluding hydrogens is 513 g/mol. The maximum Gasteiger partial charge on any atom is 0.269 e. The molecule has 1 aliphatic heterocycles. The fraction of sp³-hybridized carbons (Fsp3) is 0.0800. The van der Waals surface area contributed by atoms with Gasteiger partial charge in [0, 0.05) is 26.4 Å². The third kappa shape index (κ3) is 5.24. The average molecular weight is 529 g/mol. The zero-order chi connectivity index (χ0) is 24.2. The van der Waals surface area contributed by atoms with Crippen LogP contribution in [-0.2, 0) is 16.0 Å². The Morgan fingerprint density at radius 1 is 0.971 bits per heavy atom. The van der Waals surface area contributed by atoms with E-state index in [0.717, 1.165) is 17.3 Å². The van der Waals surface area contributed by atoms with E-state index >= 15 is 0 Å². The van der Waals surface area contributed by atoms with Crippen molar-refractivity contribution in [3.05, 3.63) is 104 Å². The molecular formula is C25H16Cl3N3O2S. The molecule has 1 atom stereocenters. The molecule has 1 aliphatic rings. The number of nitrogens with one attached hydrogen (secondary N) is 1. The second-order valence-electron chi connectivity index (χ2n) is 7.31. The van der Waals surface area contributed by atoms with Crippen molar-refractivity contribution in [2.24, 2.45) is 0 Å². The van der Waals surface area contributed by atoms with E-state index in [0.29, 0.717) is 32.9 Å². The summed E-state index contributed by atoms with van der Waals surface area (Å²) >= 11 is 19.4. The monoisotopic (exact) mass is 527 g/mol. The highest BCUT2D eigenvalue weighted by molar-refractivity contribution is 8.05. The molecule has 1 fully saturated rings. The molecule has 1 heterocycles. The number of rotatable bonds is 5. The fourth-order valence-electron chi connectivity index (χ4n) is 3.40. The van der Waals surface area contributed by atoms with Gasteiger partial charge in [-0.3, -0.25) is 14.5 Å². The SMILES string of the molecule is N#C/C(C(=O)Nc1ccc(Cl)cc1)=C1/S[C@@H](Cc2ccccc2Cl)C(=O)N1c1ccc(Cl)cc1. The molecule has 0 unspecified atom stereocenters. The average Bonchev–Trinajstić information content (AvgIpc) is 3.13. The van der Waals surface area contributed by atoms with Gasteiger partial charge in [0.1, 0.15) is 16.7 Å². The molecule has 0 aromatic heterocycles. The molecule has 5 nitrogen and oxygen atoms in total. The number of amides is 2. The third-order valence-corrected chi connectivity index (χ3v) is 7.19. The minimum absolute atomic E-state index is 0.176. The van der Waals surface area contributed by atoms with Gasteiger partial charge in [-0.2, -0.15) is 5.26 Å². The lowest BCUT2D eigenvalue weighted by molar-refractivity contribution is -0.117. The Labute approximate surface area is 215 Å². The third-order valence-electron chi connectivity index (χ3n) is 5.06. The molecule has 0 aliphatic carbocycles. The molecule has 0 bridgehead atoms. The maximum atomic E-state index is 13.5. The number of benzene rings is 3. The lowest BCUT2D eigenvalue weighted by Crippen LogP contribution is -2.31. The van der Waals surface area contributed by atoms with Crippen molar-refractivity contribution in [2.75, 3.05) is 10.2 Å². The molecule has 0 saturated carbocycles. The van der Waals surface area contributed by atoms with Gasteiger partial charge in [-0.15, -0.1) is 0 Å². The van der Waals surface area contributed by atoms with Crippen LogP contribution < -0.4 is 10.2 Å². The number of anilines is 2. The van der Waals surface area contributed by atoms with Crippen LogP contribution in [0.5, 0.6) is 0 Å². The largest absolute Gasteiger partial charge is 0.321 e. The fourth-order valence-corrected chi connectivity index (χ4v) is 5.16. The minimum atomic E-state index is -0.627.